The minimum absolute atomic E-state index is 0.145. The van der Waals surface area contributed by atoms with Gasteiger partial charge in [0.2, 0.25) is 5.88 Å². The number of aromatic carboxylic acids is 1. The van der Waals surface area contributed by atoms with Crippen molar-refractivity contribution in [2.75, 3.05) is 0 Å². The lowest BCUT2D eigenvalue weighted by atomic mass is 10.3. The van der Waals surface area contributed by atoms with Crippen molar-refractivity contribution in [3.63, 3.8) is 0 Å². The average molecular weight is 216 g/mol. The molecule has 0 atom stereocenters. The third-order valence-electron chi connectivity index (χ3n) is 1.80. The molecule has 0 saturated carbocycles. The second kappa shape index (κ2) is 4.39. The summed E-state index contributed by atoms with van der Waals surface area (Å²) in [7, 11) is 0. The molecule has 5 nitrogen and oxygen atoms in total. The van der Waals surface area contributed by atoms with Gasteiger partial charge in [-0.3, -0.25) is 4.98 Å². The number of hydrogen-bond donors (Lipinski definition) is 1. The molecule has 0 bridgehead atoms. The van der Waals surface area contributed by atoms with Crippen molar-refractivity contribution in [2.45, 2.75) is 0 Å². The number of carboxylic acid groups (broad SMARTS) is 1. The second-order valence-corrected chi connectivity index (χ2v) is 2.96. The molecule has 0 aliphatic heterocycles. The Hall–Kier alpha value is -2.43. The first-order valence-corrected chi connectivity index (χ1v) is 4.54. The van der Waals surface area contributed by atoms with E-state index in [1.165, 1.54) is 12.4 Å². The quantitative estimate of drug-likeness (QED) is 0.849. The Morgan fingerprint density at radius 1 is 1.19 bits per heavy atom. The molecular weight excluding hydrogens is 208 g/mol. The minimum Gasteiger partial charge on any atom is -0.476 e. The van der Waals surface area contributed by atoms with Crippen molar-refractivity contribution in [2.24, 2.45) is 0 Å². The van der Waals surface area contributed by atoms with Gasteiger partial charge in [-0.1, -0.05) is 18.2 Å². The maximum Gasteiger partial charge on any atom is 0.356 e. The summed E-state index contributed by atoms with van der Waals surface area (Å²) in [5.74, 6) is -0.392. The van der Waals surface area contributed by atoms with Gasteiger partial charge < -0.3 is 9.84 Å². The summed E-state index contributed by atoms with van der Waals surface area (Å²) in [5.41, 5.74) is -0.145. The molecule has 0 amide bonds. The molecule has 1 N–H and O–H groups in total. The molecule has 0 radical (unpaired) electrons. The van der Waals surface area contributed by atoms with E-state index in [9.17, 15) is 4.79 Å². The van der Waals surface area contributed by atoms with Crippen molar-refractivity contribution >= 4 is 5.97 Å². The highest BCUT2D eigenvalue weighted by atomic mass is 16.5. The molecule has 80 valence electrons. The van der Waals surface area contributed by atoms with Crippen molar-refractivity contribution in [3.05, 3.63) is 48.4 Å². The summed E-state index contributed by atoms with van der Waals surface area (Å²) in [4.78, 5) is 18.2. The van der Waals surface area contributed by atoms with Gasteiger partial charge in [-0.2, -0.15) is 0 Å². The number of carbonyl (C=O) groups is 1. The highest BCUT2D eigenvalue weighted by Gasteiger charge is 2.07. The Kier molecular flexibility index (Phi) is 2.77. The van der Waals surface area contributed by atoms with E-state index in [-0.39, 0.29) is 11.6 Å². The zero-order valence-corrected chi connectivity index (χ0v) is 8.20. The van der Waals surface area contributed by atoms with Gasteiger partial charge in [-0.15, -0.1) is 0 Å². The van der Waals surface area contributed by atoms with Crippen LogP contribution in [0, 0.1) is 0 Å². The van der Waals surface area contributed by atoms with Crippen LogP contribution in [0.2, 0.25) is 0 Å². The second-order valence-electron chi connectivity index (χ2n) is 2.96. The number of para-hydroxylation sites is 1. The molecule has 0 saturated heterocycles. The van der Waals surface area contributed by atoms with E-state index in [1.807, 2.05) is 18.2 Å². The summed E-state index contributed by atoms with van der Waals surface area (Å²) in [6, 6.07) is 8.96. The van der Waals surface area contributed by atoms with Crippen molar-refractivity contribution in [3.8, 4) is 11.6 Å². The van der Waals surface area contributed by atoms with E-state index in [0.717, 1.165) is 0 Å². The summed E-state index contributed by atoms with van der Waals surface area (Å²) >= 11 is 0. The van der Waals surface area contributed by atoms with Gasteiger partial charge >= 0.3 is 5.97 Å². The molecule has 2 rings (SSSR count). The SMILES string of the molecule is O=C(O)c1cncc(Oc2ccccc2)n1. The van der Waals surface area contributed by atoms with Crippen molar-refractivity contribution in [1.29, 1.82) is 0 Å². The normalized spacial score (nSPS) is 9.75. The van der Waals surface area contributed by atoms with Gasteiger partial charge in [0.05, 0.1) is 12.4 Å². The Bertz CT molecular complexity index is 500. The molecule has 0 unspecified atom stereocenters. The molecule has 16 heavy (non-hydrogen) atoms. The predicted octanol–water partition coefficient (Wildman–Crippen LogP) is 1.97. The number of ether oxygens (including phenoxy) is 1. The monoisotopic (exact) mass is 216 g/mol. The van der Waals surface area contributed by atoms with Crippen LogP contribution >= 0.6 is 0 Å². The summed E-state index contributed by atoms with van der Waals surface area (Å²) < 4.78 is 5.33. The zero-order chi connectivity index (χ0) is 11.4. The molecule has 5 heteroatoms. The Morgan fingerprint density at radius 2 is 1.94 bits per heavy atom. The van der Waals surface area contributed by atoms with Crippen LogP contribution in [0.25, 0.3) is 0 Å². The molecule has 1 aromatic heterocycles. The van der Waals surface area contributed by atoms with Crippen LogP contribution in [0.15, 0.2) is 42.7 Å². The third kappa shape index (κ3) is 2.33. The van der Waals surface area contributed by atoms with Crippen LogP contribution in [-0.2, 0) is 0 Å². The fourth-order valence-electron chi connectivity index (χ4n) is 1.11. The number of rotatable bonds is 3. The van der Waals surface area contributed by atoms with Crippen LogP contribution in [0.4, 0.5) is 0 Å². The Morgan fingerprint density at radius 3 is 2.62 bits per heavy atom. The van der Waals surface area contributed by atoms with E-state index >= 15 is 0 Å². The molecule has 1 aromatic carbocycles. The molecular formula is C11H8N2O3. The van der Waals surface area contributed by atoms with E-state index < -0.39 is 5.97 Å². The van der Waals surface area contributed by atoms with E-state index in [4.69, 9.17) is 9.84 Å². The molecule has 1 heterocycles. The number of carboxylic acids is 1. The van der Waals surface area contributed by atoms with E-state index in [1.54, 1.807) is 12.1 Å². The highest BCUT2D eigenvalue weighted by Crippen LogP contribution is 2.17. The molecule has 0 fully saturated rings. The first kappa shape index (κ1) is 10.1. The first-order chi connectivity index (χ1) is 7.75. The molecule has 0 aliphatic rings. The zero-order valence-electron chi connectivity index (χ0n) is 8.20. The molecule has 0 aliphatic carbocycles. The predicted molar refractivity (Wildman–Crippen MR) is 55.5 cm³/mol. The lowest BCUT2D eigenvalue weighted by Gasteiger charge is -2.03. The van der Waals surface area contributed by atoms with Gasteiger partial charge in [0.15, 0.2) is 5.69 Å². The summed E-state index contributed by atoms with van der Waals surface area (Å²) in [6.45, 7) is 0. The molecule has 0 spiro atoms. The average Bonchev–Trinajstić information content (AvgIpc) is 2.30. The van der Waals surface area contributed by atoms with E-state index in [2.05, 4.69) is 9.97 Å². The molecule has 2 aromatic rings. The van der Waals surface area contributed by atoms with Crippen LogP contribution in [0.1, 0.15) is 10.5 Å². The maximum atomic E-state index is 10.6. The van der Waals surface area contributed by atoms with Crippen LogP contribution in [0.3, 0.4) is 0 Å². The van der Waals surface area contributed by atoms with Gasteiger partial charge in [-0.25, -0.2) is 9.78 Å². The lowest BCUT2D eigenvalue weighted by molar-refractivity contribution is 0.0689. The maximum absolute atomic E-state index is 10.6. The van der Waals surface area contributed by atoms with Crippen molar-refractivity contribution < 1.29 is 14.6 Å². The summed E-state index contributed by atoms with van der Waals surface area (Å²) in [5, 5.41) is 8.72. The Balaban J connectivity index is 2.22. The lowest BCUT2D eigenvalue weighted by Crippen LogP contribution is -2.02. The Labute approximate surface area is 91.4 Å². The fraction of sp³-hybridized carbons (Fsp3) is 0. The van der Waals surface area contributed by atoms with Gasteiger partial charge in [-0.05, 0) is 12.1 Å². The van der Waals surface area contributed by atoms with Crippen LogP contribution in [-0.4, -0.2) is 21.0 Å². The number of hydrogen-bond acceptors (Lipinski definition) is 4. The fourth-order valence-corrected chi connectivity index (χ4v) is 1.11. The smallest absolute Gasteiger partial charge is 0.356 e. The van der Waals surface area contributed by atoms with Gasteiger partial charge in [0.1, 0.15) is 5.75 Å². The van der Waals surface area contributed by atoms with Gasteiger partial charge in [0, 0.05) is 0 Å². The summed E-state index contributed by atoms with van der Waals surface area (Å²) in [6.07, 6.45) is 2.53. The van der Waals surface area contributed by atoms with Crippen molar-refractivity contribution in [1.82, 2.24) is 9.97 Å². The minimum atomic E-state index is -1.13. The van der Waals surface area contributed by atoms with Crippen LogP contribution < -0.4 is 4.74 Å². The largest absolute Gasteiger partial charge is 0.476 e. The number of aromatic nitrogens is 2. The standard InChI is InChI=1S/C11H8N2O3/c14-11(15)9-6-12-7-10(13-9)16-8-4-2-1-3-5-8/h1-7H,(H,14,15). The number of nitrogens with zero attached hydrogens (tertiary/aromatic N) is 2. The topological polar surface area (TPSA) is 72.3 Å². The van der Waals surface area contributed by atoms with Crippen LogP contribution in [0.5, 0.6) is 11.6 Å². The first-order valence-electron chi connectivity index (χ1n) is 4.54. The number of benzene rings is 1. The van der Waals surface area contributed by atoms with E-state index in [0.29, 0.717) is 5.75 Å². The highest BCUT2D eigenvalue weighted by molar-refractivity contribution is 5.84. The van der Waals surface area contributed by atoms with Gasteiger partial charge in [0.25, 0.3) is 0 Å². The third-order valence-corrected chi connectivity index (χ3v) is 1.80.